The van der Waals surface area contributed by atoms with Crippen molar-refractivity contribution in [1.29, 1.82) is 0 Å². The Morgan fingerprint density at radius 2 is 0.478 bits per heavy atom. The van der Waals surface area contributed by atoms with Gasteiger partial charge >= 0.3 is 0 Å². The van der Waals surface area contributed by atoms with E-state index in [0.717, 1.165) is 0 Å². The summed E-state index contributed by atoms with van der Waals surface area (Å²) in [5.74, 6) is 0. The maximum absolute atomic E-state index is 2.35. The van der Waals surface area contributed by atoms with Crippen molar-refractivity contribution >= 4 is 0 Å². The van der Waals surface area contributed by atoms with Crippen molar-refractivity contribution in [2.45, 2.75) is 122 Å². The maximum atomic E-state index is 2.35. The predicted molar refractivity (Wildman–Crippen MR) is 106 cm³/mol. The first-order valence-corrected chi connectivity index (χ1v) is 10.8. The van der Waals surface area contributed by atoms with E-state index in [1.54, 1.807) is 0 Å². The monoisotopic (exact) mass is 318 g/mol. The molecular weight excluding hydrogens is 276 g/mol. The lowest BCUT2D eigenvalue weighted by molar-refractivity contribution is 0.526. The largest absolute Gasteiger partial charge is 0.0845 e. The highest BCUT2D eigenvalue weighted by atomic mass is 14.0. The van der Waals surface area contributed by atoms with E-state index in [1.165, 1.54) is 122 Å². The van der Waals surface area contributed by atoms with Gasteiger partial charge in [0, 0.05) is 0 Å². The smallest absolute Gasteiger partial charge is 0.0348 e. The zero-order valence-electron chi connectivity index (χ0n) is 15.7. The molecule has 0 fully saturated rings. The van der Waals surface area contributed by atoms with E-state index in [2.05, 4.69) is 24.3 Å². The zero-order valence-corrected chi connectivity index (χ0v) is 15.7. The van der Waals surface area contributed by atoms with Crippen LogP contribution >= 0.6 is 0 Å². The van der Waals surface area contributed by atoms with Crippen LogP contribution in [0.15, 0.2) is 24.3 Å². The zero-order chi connectivity index (χ0) is 16.3. The van der Waals surface area contributed by atoms with E-state index < -0.39 is 0 Å². The molecule has 0 nitrogen and oxygen atoms in total. The molecule has 0 aliphatic heterocycles. The highest BCUT2D eigenvalue weighted by molar-refractivity contribution is 5.02. The number of rotatable bonds is 0. The van der Waals surface area contributed by atoms with Crippen molar-refractivity contribution in [3.05, 3.63) is 24.3 Å². The van der Waals surface area contributed by atoms with Gasteiger partial charge in [0.05, 0.1) is 0 Å². The van der Waals surface area contributed by atoms with E-state index in [-0.39, 0.29) is 0 Å². The molecule has 0 spiro atoms. The normalized spacial score (nSPS) is 24.0. The third-order valence-corrected chi connectivity index (χ3v) is 5.12. The molecule has 1 aliphatic rings. The van der Waals surface area contributed by atoms with E-state index in [1.807, 2.05) is 0 Å². The van der Waals surface area contributed by atoms with Gasteiger partial charge < -0.3 is 0 Å². The first kappa shape index (κ1) is 20.5. The van der Waals surface area contributed by atoms with Crippen LogP contribution in [-0.2, 0) is 0 Å². The van der Waals surface area contributed by atoms with Gasteiger partial charge in [-0.1, -0.05) is 121 Å². The van der Waals surface area contributed by atoms with Gasteiger partial charge in [-0.15, -0.1) is 0 Å². The fraction of sp³-hybridized carbons (Fsp3) is 0.826. The molecular formula is C23H42. The van der Waals surface area contributed by atoms with Gasteiger partial charge in [0.25, 0.3) is 0 Å². The van der Waals surface area contributed by atoms with Gasteiger partial charge in [0.2, 0.25) is 0 Å². The summed E-state index contributed by atoms with van der Waals surface area (Å²) in [6.45, 7) is 0. The maximum Gasteiger partial charge on any atom is -0.0348 e. The Balaban J connectivity index is 2.10. The summed E-state index contributed by atoms with van der Waals surface area (Å²) in [6, 6.07) is 0. The van der Waals surface area contributed by atoms with Crippen LogP contribution in [-0.4, -0.2) is 0 Å². The molecule has 0 heterocycles. The molecule has 23 heavy (non-hydrogen) atoms. The average Bonchev–Trinajstić information content (AvgIpc) is 2.56. The summed E-state index contributed by atoms with van der Waals surface area (Å²) in [4.78, 5) is 0. The summed E-state index contributed by atoms with van der Waals surface area (Å²) in [6.07, 6.45) is 36.5. The summed E-state index contributed by atoms with van der Waals surface area (Å²) in [5.41, 5.74) is 0. The Morgan fingerprint density at radius 1 is 0.261 bits per heavy atom. The molecule has 0 saturated heterocycles. The Labute approximate surface area is 146 Å². The molecule has 134 valence electrons. The summed E-state index contributed by atoms with van der Waals surface area (Å²) < 4.78 is 0. The summed E-state index contributed by atoms with van der Waals surface area (Å²) in [7, 11) is 0. The van der Waals surface area contributed by atoms with Gasteiger partial charge in [0.15, 0.2) is 0 Å². The second-order valence-electron chi connectivity index (χ2n) is 7.44. The average molecular weight is 319 g/mol. The molecule has 0 aromatic heterocycles. The molecule has 0 amide bonds. The third-order valence-electron chi connectivity index (χ3n) is 5.12. The van der Waals surface area contributed by atoms with Crippen LogP contribution in [0.5, 0.6) is 0 Å². The Kier molecular flexibility index (Phi) is 15.9. The second-order valence-corrected chi connectivity index (χ2v) is 7.44. The van der Waals surface area contributed by atoms with Crippen LogP contribution in [0.1, 0.15) is 122 Å². The number of hydrogen-bond donors (Lipinski definition) is 0. The predicted octanol–water partition coefficient (Wildman–Crippen LogP) is 8.52. The highest BCUT2D eigenvalue weighted by Crippen LogP contribution is 2.14. The van der Waals surface area contributed by atoms with Gasteiger partial charge in [0.1, 0.15) is 0 Å². The standard InChI is InChI=1S/C23H42/c1-2-4-6-8-10-12-14-16-18-20-22-23-21-19-17-15-13-11-9-7-5-3-1/h1-4H,5-23H2/b3-1+,4-2?. The molecule has 1 rings (SSSR count). The lowest BCUT2D eigenvalue weighted by atomic mass is 10.0. The van der Waals surface area contributed by atoms with Crippen LogP contribution in [0.3, 0.4) is 0 Å². The van der Waals surface area contributed by atoms with Crippen LogP contribution in [0, 0.1) is 0 Å². The van der Waals surface area contributed by atoms with Crippen molar-refractivity contribution in [2.24, 2.45) is 0 Å². The summed E-state index contributed by atoms with van der Waals surface area (Å²) in [5, 5.41) is 0. The van der Waals surface area contributed by atoms with E-state index in [0.29, 0.717) is 0 Å². The second kappa shape index (κ2) is 17.8. The van der Waals surface area contributed by atoms with Gasteiger partial charge in [-0.3, -0.25) is 0 Å². The Hall–Kier alpha value is -0.520. The lowest BCUT2D eigenvalue weighted by Gasteiger charge is -2.03. The van der Waals surface area contributed by atoms with Gasteiger partial charge in [-0.25, -0.2) is 0 Å². The number of hydrogen-bond acceptors (Lipinski definition) is 0. The van der Waals surface area contributed by atoms with Crippen molar-refractivity contribution < 1.29 is 0 Å². The summed E-state index contributed by atoms with van der Waals surface area (Å²) >= 11 is 0. The SMILES string of the molecule is C1=CCCCCCCCCCCCCCCCCCCC/C=C/1. The van der Waals surface area contributed by atoms with E-state index in [4.69, 9.17) is 0 Å². The van der Waals surface area contributed by atoms with E-state index >= 15 is 0 Å². The molecule has 0 bridgehead atoms. The lowest BCUT2D eigenvalue weighted by Crippen LogP contribution is -1.84. The topological polar surface area (TPSA) is 0 Å². The molecule has 0 heteroatoms. The van der Waals surface area contributed by atoms with Crippen LogP contribution in [0.25, 0.3) is 0 Å². The molecule has 0 aromatic carbocycles. The third kappa shape index (κ3) is 16.1. The number of allylic oxidation sites excluding steroid dienone is 4. The van der Waals surface area contributed by atoms with Gasteiger partial charge in [-0.2, -0.15) is 0 Å². The highest BCUT2D eigenvalue weighted by Gasteiger charge is 1.95. The van der Waals surface area contributed by atoms with Crippen molar-refractivity contribution in [3.63, 3.8) is 0 Å². The molecule has 0 saturated carbocycles. The quantitative estimate of drug-likeness (QED) is 0.420. The Bertz CT molecular complexity index is 246. The molecule has 0 radical (unpaired) electrons. The minimum atomic E-state index is 1.27. The minimum Gasteiger partial charge on any atom is -0.0845 e. The fourth-order valence-electron chi connectivity index (χ4n) is 3.53. The van der Waals surface area contributed by atoms with E-state index in [9.17, 15) is 0 Å². The fourth-order valence-corrected chi connectivity index (χ4v) is 3.53. The molecule has 1 aliphatic carbocycles. The molecule has 0 unspecified atom stereocenters. The van der Waals surface area contributed by atoms with Gasteiger partial charge in [-0.05, 0) is 25.7 Å². The molecule has 0 atom stereocenters. The van der Waals surface area contributed by atoms with Crippen molar-refractivity contribution in [2.75, 3.05) is 0 Å². The Morgan fingerprint density at radius 3 is 0.739 bits per heavy atom. The molecule has 0 aromatic rings. The first-order chi connectivity index (χ1) is 11.5. The van der Waals surface area contributed by atoms with Crippen LogP contribution < -0.4 is 0 Å². The first-order valence-electron chi connectivity index (χ1n) is 10.8. The van der Waals surface area contributed by atoms with Crippen molar-refractivity contribution in [1.82, 2.24) is 0 Å². The molecule has 0 N–H and O–H groups in total. The van der Waals surface area contributed by atoms with Crippen molar-refractivity contribution in [3.8, 4) is 0 Å². The van der Waals surface area contributed by atoms with Crippen LogP contribution in [0.2, 0.25) is 0 Å². The minimum absolute atomic E-state index is 1.27. The van der Waals surface area contributed by atoms with Crippen LogP contribution in [0.4, 0.5) is 0 Å².